The number of piperazine rings is 1. The van der Waals surface area contributed by atoms with Crippen LogP contribution < -0.4 is 15.5 Å². The molecule has 1 atom stereocenters. The predicted octanol–water partition coefficient (Wildman–Crippen LogP) is 0.267. The molecule has 6 heteroatoms. The van der Waals surface area contributed by atoms with Crippen LogP contribution in [0.1, 0.15) is 6.92 Å². The Kier molecular flexibility index (Phi) is 4.11. The molecule has 1 unspecified atom stereocenters. The molecule has 1 aliphatic rings. The smallest absolute Gasteiger partial charge is 0.245 e. The molecule has 0 bridgehead atoms. The molecule has 19 heavy (non-hydrogen) atoms. The highest BCUT2D eigenvalue weighted by atomic mass is 19.1. The van der Waals surface area contributed by atoms with Gasteiger partial charge in [0.15, 0.2) is 0 Å². The van der Waals surface area contributed by atoms with Crippen LogP contribution in [0.4, 0.5) is 10.1 Å². The number of carbonyl (C=O) groups excluding carboxylic acids is 2. The van der Waals surface area contributed by atoms with Gasteiger partial charge in [0.1, 0.15) is 11.9 Å². The molecule has 0 spiro atoms. The van der Waals surface area contributed by atoms with Gasteiger partial charge in [-0.25, -0.2) is 4.39 Å². The van der Waals surface area contributed by atoms with E-state index >= 15 is 0 Å². The van der Waals surface area contributed by atoms with Gasteiger partial charge in [-0.15, -0.1) is 0 Å². The van der Waals surface area contributed by atoms with Gasteiger partial charge in [-0.05, 0) is 31.2 Å². The molecule has 1 aliphatic heterocycles. The zero-order valence-electron chi connectivity index (χ0n) is 10.6. The molecular weight excluding hydrogens is 249 g/mol. The van der Waals surface area contributed by atoms with Gasteiger partial charge >= 0.3 is 0 Å². The highest BCUT2D eigenvalue weighted by Gasteiger charge is 2.27. The molecule has 1 fully saturated rings. The SMILES string of the molecule is CCN(C(=O)C1CNC(=O)CN1)c1ccc(F)cc1. The summed E-state index contributed by atoms with van der Waals surface area (Å²) in [5.74, 6) is -0.585. The largest absolute Gasteiger partial charge is 0.353 e. The van der Waals surface area contributed by atoms with E-state index in [0.29, 0.717) is 12.2 Å². The van der Waals surface area contributed by atoms with E-state index in [1.165, 1.54) is 12.1 Å². The van der Waals surface area contributed by atoms with Crippen LogP contribution in [0.3, 0.4) is 0 Å². The zero-order valence-corrected chi connectivity index (χ0v) is 10.6. The molecule has 102 valence electrons. The van der Waals surface area contributed by atoms with E-state index in [4.69, 9.17) is 0 Å². The van der Waals surface area contributed by atoms with Gasteiger partial charge in [0.2, 0.25) is 11.8 Å². The van der Waals surface area contributed by atoms with Crippen molar-refractivity contribution in [2.75, 3.05) is 24.5 Å². The Balaban J connectivity index is 2.10. The fourth-order valence-electron chi connectivity index (χ4n) is 2.02. The first-order chi connectivity index (χ1) is 9.11. The van der Waals surface area contributed by atoms with Gasteiger partial charge in [-0.3, -0.25) is 14.9 Å². The molecule has 5 nitrogen and oxygen atoms in total. The van der Waals surface area contributed by atoms with Gasteiger partial charge in [0.25, 0.3) is 0 Å². The second-order valence-electron chi connectivity index (χ2n) is 4.30. The minimum atomic E-state index is -0.442. The van der Waals surface area contributed by atoms with Crippen LogP contribution in [0.2, 0.25) is 0 Å². The lowest BCUT2D eigenvalue weighted by molar-refractivity contribution is -0.125. The van der Waals surface area contributed by atoms with Gasteiger partial charge in [-0.2, -0.15) is 0 Å². The van der Waals surface area contributed by atoms with Crippen molar-refractivity contribution in [1.82, 2.24) is 10.6 Å². The van der Waals surface area contributed by atoms with E-state index in [-0.39, 0.29) is 30.7 Å². The average molecular weight is 265 g/mol. The molecule has 1 aromatic carbocycles. The fourth-order valence-corrected chi connectivity index (χ4v) is 2.02. The summed E-state index contributed by atoms with van der Waals surface area (Å²) < 4.78 is 12.9. The third-order valence-corrected chi connectivity index (χ3v) is 3.03. The number of benzene rings is 1. The Morgan fingerprint density at radius 1 is 1.42 bits per heavy atom. The molecule has 2 N–H and O–H groups in total. The Morgan fingerprint density at radius 2 is 2.11 bits per heavy atom. The van der Waals surface area contributed by atoms with Crippen LogP contribution >= 0.6 is 0 Å². The van der Waals surface area contributed by atoms with Crippen molar-refractivity contribution in [3.8, 4) is 0 Å². The van der Waals surface area contributed by atoms with Crippen molar-refractivity contribution in [2.24, 2.45) is 0 Å². The molecule has 0 aromatic heterocycles. The molecule has 2 rings (SSSR count). The average Bonchev–Trinajstić information content (AvgIpc) is 2.42. The molecule has 1 heterocycles. The third-order valence-electron chi connectivity index (χ3n) is 3.03. The van der Waals surface area contributed by atoms with Gasteiger partial charge in [0, 0.05) is 18.8 Å². The van der Waals surface area contributed by atoms with Crippen LogP contribution in [0.5, 0.6) is 0 Å². The topological polar surface area (TPSA) is 61.4 Å². The Bertz CT molecular complexity index is 465. The summed E-state index contributed by atoms with van der Waals surface area (Å²) in [6, 6.07) is 5.33. The minimum Gasteiger partial charge on any atom is -0.353 e. The molecule has 0 saturated carbocycles. The number of hydrogen-bond acceptors (Lipinski definition) is 3. The molecule has 0 aliphatic carbocycles. The number of carbonyl (C=O) groups is 2. The normalized spacial score (nSPS) is 18.8. The maximum Gasteiger partial charge on any atom is 0.245 e. The van der Waals surface area contributed by atoms with Crippen LogP contribution in [0.15, 0.2) is 24.3 Å². The lowest BCUT2D eigenvalue weighted by Crippen LogP contribution is -2.58. The summed E-state index contributed by atoms with van der Waals surface area (Å²) >= 11 is 0. The standard InChI is InChI=1S/C13H16FN3O2/c1-2-17(10-5-3-9(14)4-6-10)13(19)11-7-16-12(18)8-15-11/h3-6,11,15H,2,7-8H2,1H3,(H,16,18). The molecule has 2 amide bonds. The van der Waals surface area contributed by atoms with Crippen molar-refractivity contribution in [3.05, 3.63) is 30.1 Å². The maximum absolute atomic E-state index is 12.9. The number of rotatable bonds is 3. The van der Waals surface area contributed by atoms with E-state index in [1.54, 1.807) is 17.0 Å². The number of halogens is 1. The maximum atomic E-state index is 12.9. The predicted molar refractivity (Wildman–Crippen MR) is 69.2 cm³/mol. The summed E-state index contributed by atoms with van der Waals surface area (Å²) in [5.41, 5.74) is 0.646. The van der Waals surface area contributed by atoms with Crippen molar-refractivity contribution >= 4 is 17.5 Å². The number of nitrogens with one attached hydrogen (secondary N) is 2. The quantitative estimate of drug-likeness (QED) is 0.824. The zero-order chi connectivity index (χ0) is 13.8. The van der Waals surface area contributed by atoms with Gasteiger partial charge in [0.05, 0.1) is 6.54 Å². The number of anilines is 1. The monoisotopic (exact) mass is 265 g/mol. The highest BCUT2D eigenvalue weighted by Crippen LogP contribution is 2.16. The first-order valence-corrected chi connectivity index (χ1v) is 6.19. The van der Waals surface area contributed by atoms with E-state index in [2.05, 4.69) is 10.6 Å². The molecule has 1 saturated heterocycles. The van der Waals surface area contributed by atoms with Crippen LogP contribution in [-0.2, 0) is 9.59 Å². The Hall–Kier alpha value is -1.95. The van der Waals surface area contributed by atoms with E-state index in [1.807, 2.05) is 6.92 Å². The van der Waals surface area contributed by atoms with Crippen molar-refractivity contribution in [1.29, 1.82) is 0 Å². The van der Waals surface area contributed by atoms with E-state index in [0.717, 1.165) is 0 Å². The van der Waals surface area contributed by atoms with Crippen molar-refractivity contribution in [3.63, 3.8) is 0 Å². The molecular formula is C13H16FN3O2. The highest BCUT2D eigenvalue weighted by molar-refractivity contribution is 5.98. The number of nitrogens with zero attached hydrogens (tertiary/aromatic N) is 1. The number of hydrogen-bond donors (Lipinski definition) is 2. The molecule has 1 aromatic rings. The second-order valence-corrected chi connectivity index (χ2v) is 4.30. The number of amides is 2. The summed E-state index contributed by atoms with van der Waals surface area (Å²) in [5, 5.41) is 5.53. The van der Waals surface area contributed by atoms with E-state index < -0.39 is 6.04 Å². The third kappa shape index (κ3) is 3.08. The van der Waals surface area contributed by atoms with Crippen LogP contribution in [0, 0.1) is 5.82 Å². The van der Waals surface area contributed by atoms with Gasteiger partial charge in [-0.1, -0.05) is 0 Å². The lowest BCUT2D eigenvalue weighted by Gasteiger charge is -2.29. The minimum absolute atomic E-state index is 0.117. The first kappa shape index (κ1) is 13.5. The van der Waals surface area contributed by atoms with E-state index in [9.17, 15) is 14.0 Å². The first-order valence-electron chi connectivity index (χ1n) is 6.19. The van der Waals surface area contributed by atoms with Crippen LogP contribution in [0.25, 0.3) is 0 Å². The summed E-state index contributed by atoms with van der Waals surface area (Å²) in [7, 11) is 0. The Morgan fingerprint density at radius 3 is 2.63 bits per heavy atom. The van der Waals surface area contributed by atoms with Gasteiger partial charge < -0.3 is 10.2 Å². The lowest BCUT2D eigenvalue weighted by atomic mass is 10.2. The van der Waals surface area contributed by atoms with Crippen LogP contribution in [-0.4, -0.2) is 37.5 Å². The molecule has 0 radical (unpaired) electrons. The summed E-state index contributed by atoms with van der Waals surface area (Å²) in [6.45, 7) is 2.74. The van der Waals surface area contributed by atoms with Crippen molar-refractivity contribution in [2.45, 2.75) is 13.0 Å². The summed E-state index contributed by atoms with van der Waals surface area (Å²) in [4.78, 5) is 24.9. The number of likely N-dealkylation sites (N-methyl/N-ethyl adjacent to an activating group) is 1. The van der Waals surface area contributed by atoms with Crippen molar-refractivity contribution < 1.29 is 14.0 Å². The Labute approximate surface area is 110 Å². The second kappa shape index (κ2) is 5.79. The summed E-state index contributed by atoms with van der Waals surface area (Å²) in [6.07, 6.45) is 0. The fraction of sp³-hybridized carbons (Fsp3) is 0.385.